The van der Waals surface area contributed by atoms with Crippen LogP contribution in [0.15, 0.2) is 54.1 Å². The summed E-state index contributed by atoms with van der Waals surface area (Å²) >= 11 is 0. The summed E-state index contributed by atoms with van der Waals surface area (Å²) in [5, 5.41) is 11.5. The fourth-order valence-corrected chi connectivity index (χ4v) is 2.08. The zero-order chi connectivity index (χ0) is 17.4. The summed E-state index contributed by atoms with van der Waals surface area (Å²) in [6.45, 7) is 0.425. The van der Waals surface area contributed by atoms with E-state index in [2.05, 4.69) is 5.32 Å². The van der Waals surface area contributed by atoms with Crippen molar-refractivity contribution in [1.29, 1.82) is 5.26 Å². The molecule has 5 nitrogen and oxygen atoms in total. The number of hydrogen-bond acceptors (Lipinski definition) is 4. The summed E-state index contributed by atoms with van der Waals surface area (Å²) in [6.07, 6.45) is 1.50. The summed E-state index contributed by atoms with van der Waals surface area (Å²) in [4.78, 5) is 11.6. The number of carbonyl (C=O) groups is 1. The molecule has 0 bridgehead atoms. The maximum absolute atomic E-state index is 11.6. The van der Waals surface area contributed by atoms with Crippen LogP contribution in [0, 0.1) is 11.3 Å². The quantitative estimate of drug-likeness (QED) is 0.655. The Morgan fingerprint density at radius 3 is 2.58 bits per heavy atom. The number of nitrogens with zero attached hydrogens (tertiary/aromatic N) is 1. The van der Waals surface area contributed by atoms with Crippen molar-refractivity contribution >= 4 is 12.0 Å². The van der Waals surface area contributed by atoms with Gasteiger partial charge in [0.2, 0.25) is 0 Å². The number of carbonyl (C=O) groups excluding carboxylic acids is 1. The van der Waals surface area contributed by atoms with Crippen LogP contribution in [-0.2, 0) is 11.4 Å². The van der Waals surface area contributed by atoms with Crippen molar-refractivity contribution in [3.8, 4) is 17.6 Å². The summed E-state index contributed by atoms with van der Waals surface area (Å²) < 4.78 is 11.1. The van der Waals surface area contributed by atoms with Gasteiger partial charge in [0.15, 0.2) is 11.5 Å². The number of ether oxygens (including phenoxy) is 2. The van der Waals surface area contributed by atoms with E-state index in [4.69, 9.17) is 14.7 Å². The first-order chi connectivity index (χ1) is 11.7. The first kappa shape index (κ1) is 17.1. The third kappa shape index (κ3) is 4.37. The Bertz CT molecular complexity index is 777. The van der Waals surface area contributed by atoms with Gasteiger partial charge in [-0.1, -0.05) is 36.4 Å². The van der Waals surface area contributed by atoms with E-state index in [0.717, 1.165) is 5.56 Å². The van der Waals surface area contributed by atoms with Crippen LogP contribution in [0.2, 0.25) is 0 Å². The minimum atomic E-state index is -0.430. The Hall–Kier alpha value is -3.26. The molecular formula is C19H18N2O3. The van der Waals surface area contributed by atoms with Crippen LogP contribution in [0.5, 0.6) is 11.5 Å². The average Bonchev–Trinajstić information content (AvgIpc) is 2.64. The standard InChI is InChI=1S/C19H18N2O3/c1-21-19(22)16(12-20)10-15-8-9-17(18(11-15)23-2)24-13-14-6-4-3-5-7-14/h3-11H,13H2,1-2H3,(H,21,22). The molecule has 0 fully saturated rings. The topological polar surface area (TPSA) is 71.4 Å². The lowest BCUT2D eigenvalue weighted by molar-refractivity contribution is -0.116. The highest BCUT2D eigenvalue weighted by atomic mass is 16.5. The van der Waals surface area contributed by atoms with Crippen molar-refractivity contribution in [3.05, 3.63) is 65.2 Å². The number of methoxy groups -OCH3 is 1. The number of nitriles is 1. The first-order valence-electron chi connectivity index (χ1n) is 7.36. The third-order valence-corrected chi connectivity index (χ3v) is 3.33. The van der Waals surface area contributed by atoms with E-state index in [1.54, 1.807) is 25.3 Å². The first-order valence-corrected chi connectivity index (χ1v) is 7.36. The number of nitrogens with one attached hydrogen (secondary N) is 1. The van der Waals surface area contributed by atoms with Gasteiger partial charge < -0.3 is 14.8 Å². The second-order valence-corrected chi connectivity index (χ2v) is 4.93. The van der Waals surface area contributed by atoms with Crippen molar-refractivity contribution in [2.24, 2.45) is 0 Å². The van der Waals surface area contributed by atoms with Crippen molar-refractivity contribution in [2.45, 2.75) is 6.61 Å². The Labute approximate surface area is 141 Å². The highest BCUT2D eigenvalue weighted by Crippen LogP contribution is 2.29. The molecule has 122 valence electrons. The molecule has 1 amide bonds. The fourth-order valence-electron chi connectivity index (χ4n) is 2.08. The SMILES string of the molecule is CNC(=O)C(C#N)=Cc1ccc(OCc2ccccc2)c(OC)c1. The molecule has 0 saturated heterocycles. The van der Waals surface area contributed by atoms with Gasteiger partial charge in [-0.3, -0.25) is 4.79 Å². The van der Waals surface area contributed by atoms with Crippen molar-refractivity contribution in [2.75, 3.05) is 14.2 Å². The lowest BCUT2D eigenvalue weighted by Crippen LogP contribution is -2.19. The zero-order valence-electron chi connectivity index (χ0n) is 13.6. The zero-order valence-corrected chi connectivity index (χ0v) is 13.6. The monoisotopic (exact) mass is 322 g/mol. The molecule has 2 aromatic carbocycles. The van der Waals surface area contributed by atoms with E-state index in [-0.39, 0.29) is 5.57 Å². The summed E-state index contributed by atoms with van der Waals surface area (Å²) in [5.74, 6) is 0.701. The van der Waals surface area contributed by atoms with Crippen LogP contribution in [0.1, 0.15) is 11.1 Å². The number of amides is 1. The minimum Gasteiger partial charge on any atom is -0.493 e. The van der Waals surface area contributed by atoms with Gasteiger partial charge in [-0.25, -0.2) is 0 Å². The summed E-state index contributed by atoms with van der Waals surface area (Å²) in [5.41, 5.74) is 1.76. The van der Waals surface area contributed by atoms with Crippen molar-refractivity contribution < 1.29 is 14.3 Å². The van der Waals surface area contributed by atoms with Crippen molar-refractivity contribution in [3.63, 3.8) is 0 Å². The van der Waals surface area contributed by atoms with Gasteiger partial charge in [0.1, 0.15) is 18.2 Å². The Kier molecular flexibility index (Phi) is 5.98. The molecule has 0 radical (unpaired) electrons. The molecule has 0 unspecified atom stereocenters. The third-order valence-electron chi connectivity index (χ3n) is 3.33. The van der Waals surface area contributed by atoms with E-state index >= 15 is 0 Å². The molecular weight excluding hydrogens is 304 g/mol. The fraction of sp³-hybridized carbons (Fsp3) is 0.158. The van der Waals surface area contributed by atoms with Crippen LogP contribution in [-0.4, -0.2) is 20.1 Å². The normalized spacial score (nSPS) is 10.6. The predicted molar refractivity (Wildman–Crippen MR) is 91.4 cm³/mol. The van der Waals surface area contributed by atoms with Crippen LogP contribution < -0.4 is 14.8 Å². The van der Waals surface area contributed by atoms with E-state index < -0.39 is 5.91 Å². The Balaban J connectivity index is 2.20. The van der Waals surface area contributed by atoms with Gasteiger partial charge in [0.05, 0.1) is 7.11 Å². The van der Waals surface area contributed by atoms with Gasteiger partial charge in [0.25, 0.3) is 5.91 Å². The second-order valence-electron chi connectivity index (χ2n) is 4.93. The Morgan fingerprint density at radius 1 is 1.21 bits per heavy atom. The molecule has 0 atom stereocenters. The Morgan fingerprint density at radius 2 is 1.96 bits per heavy atom. The van der Waals surface area contributed by atoms with E-state index in [1.165, 1.54) is 13.1 Å². The molecule has 0 spiro atoms. The summed E-state index contributed by atoms with van der Waals surface area (Å²) in [7, 11) is 3.02. The van der Waals surface area contributed by atoms with Crippen LogP contribution in [0.3, 0.4) is 0 Å². The molecule has 0 heterocycles. The molecule has 2 aromatic rings. The van der Waals surface area contributed by atoms with Gasteiger partial charge in [-0.05, 0) is 29.3 Å². The molecule has 0 aliphatic carbocycles. The highest BCUT2D eigenvalue weighted by Gasteiger charge is 2.09. The van der Waals surface area contributed by atoms with Crippen molar-refractivity contribution in [1.82, 2.24) is 5.32 Å². The van der Waals surface area contributed by atoms with Crippen LogP contribution in [0.25, 0.3) is 6.08 Å². The molecule has 0 saturated carbocycles. The number of likely N-dealkylation sites (N-methyl/N-ethyl adjacent to an activating group) is 1. The van der Waals surface area contributed by atoms with Gasteiger partial charge in [-0.2, -0.15) is 5.26 Å². The molecule has 2 rings (SSSR count). The number of benzene rings is 2. The molecule has 0 aliphatic rings. The smallest absolute Gasteiger partial charge is 0.261 e. The summed E-state index contributed by atoms with van der Waals surface area (Å²) in [6, 6.07) is 16.9. The number of hydrogen-bond donors (Lipinski definition) is 1. The van der Waals surface area contributed by atoms with E-state index in [0.29, 0.717) is 23.7 Å². The predicted octanol–water partition coefficient (Wildman–Crippen LogP) is 2.93. The lowest BCUT2D eigenvalue weighted by Gasteiger charge is -2.11. The minimum absolute atomic E-state index is 0.0255. The highest BCUT2D eigenvalue weighted by molar-refractivity contribution is 6.01. The molecule has 5 heteroatoms. The van der Waals surface area contributed by atoms with Gasteiger partial charge >= 0.3 is 0 Å². The lowest BCUT2D eigenvalue weighted by atomic mass is 10.1. The second kappa shape index (κ2) is 8.39. The molecule has 1 N–H and O–H groups in total. The molecule has 0 aliphatic heterocycles. The largest absolute Gasteiger partial charge is 0.493 e. The van der Waals surface area contributed by atoms with E-state index in [1.807, 2.05) is 36.4 Å². The molecule has 24 heavy (non-hydrogen) atoms. The maximum Gasteiger partial charge on any atom is 0.261 e. The molecule has 0 aromatic heterocycles. The number of rotatable bonds is 6. The van der Waals surface area contributed by atoms with Gasteiger partial charge in [0, 0.05) is 7.05 Å². The van der Waals surface area contributed by atoms with Crippen LogP contribution in [0.4, 0.5) is 0 Å². The van der Waals surface area contributed by atoms with Crippen LogP contribution >= 0.6 is 0 Å². The maximum atomic E-state index is 11.6. The average molecular weight is 322 g/mol. The van der Waals surface area contributed by atoms with E-state index in [9.17, 15) is 4.79 Å². The van der Waals surface area contributed by atoms with Gasteiger partial charge in [-0.15, -0.1) is 0 Å².